The first-order valence-electron chi connectivity index (χ1n) is 25.8. The number of carbonyl (C=O) groups is 2. The normalized spacial score (nSPS) is 12.9. The Bertz CT molecular complexity index is 962. The summed E-state index contributed by atoms with van der Waals surface area (Å²) in [7, 11) is 0. The average Bonchev–Trinajstić information content (AvgIpc) is 3.24. The Kier molecular flexibility index (Phi) is 47.2. The topological polar surface area (TPSA) is 95.9 Å². The summed E-state index contributed by atoms with van der Waals surface area (Å²) in [5.41, 5.74) is 0. The summed E-state index contributed by atoms with van der Waals surface area (Å²) in [6.45, 7) is 4.81. The Morgan fingerprint density at radius 3 is 1.36 bits per heavy atom. The molecule has 0 aliphatic carbocycles. The molecule has 0 saturated carbocycles. The number of hydrogen-bond acceptors (Lipinski definition) is 5. The van der Waals surface area contributed by atoms with E-state index in [1.54, 1.807) is 6.08 Å². The van der Waals surface area contributed by atoms with Crippen molar-refractivity contribution >= 4 is 11.9 Å². The fraction of sp³-hybridized carbons (Fsp3) is 0.849. The molecule has 0 aromatic heterocycles. The molecule has 6 nitrogen and oxygen atoms in total. The fourth-order valence-corrected chi connectivity index (χ4v) is 7.67. The Hall–Kier alpha value is -1.92. The molecule has 0 heterocycles. The van der Waals surface area contributed by atoms with Crippen molar-refractivity contribution in [2.75, 3.05) is 13.2 Å². The van der Waals surface area contributed by atoms with Crippen molar-refractivity contribution in [2.24, 2.45) is 0 Å². The van der Waals surface area contributed by atoms with Crippen molar-refractivity contribution in [1.82, 2.24) is 5.32 Å². The molecular formula is C53H99NO5. The molecule has 0 saturated heterocycles. The molecule has 0 aromatic carbocycles. The molecule has 59 heavy (non-hydrogen) atoms. The highest BCUT2D eigenvalue weighted by atomic mass is 16.5. The van der Waals surface area contributed by atoms with Crippen LogP contribution in [0.4, 0.5) is 0 Å². The number of amides is 1. The molecule has 346 valence electrons. The first kappa shape index (κ1) is 57.1. The summed E-state index contributed by atoms with van der Waals surface area (Å²) in [6, 6.07) is -0.633. The largest absolute Gasteiger partial charge is 0.466 e. The predicted molar refractivity (Wildman–Crippen MR) is 255 cm³/mol. The second-order valence-corrected chi connectivity index (χ2v) is 17.5. The summed E-state index contributed by atoms with van der Waals surface area (Å²) >= 11 is 0. The van der Waals surface area contributed by atoms with Gasteiger partial charge in [0.15, 0.2) is 0 Å². The van der Waals surface area contributed by atoms with Crippen molar-refractivity contribution in [3.63, 3.8) is 0 Å². The van der Waals surface area contributed by atoms with E-state index >= 15 is 0 Å². The Labute approximate surface area is 366 Å². The number of esters is 1. The van der Waals surface area contributed by atoms with Gasteiger partial charge in [-0.15, -0.1) is 0 Å². The Morgan fingerprint density at radius 1 is 0.475 bits per heavy atom. The number of carbonyl (C=O) groups excluding carboxylic acids is 2. The van der Waals surface area contributed by atoms with E-state index < -0.39 is 12.1 Å². The molecule has 1 amide bonds. The standard InChI is InChI=1S/C53H99NO5/c1-3-5-7-9-11-13-15-21-25-29-33-37-41-45-51(56)50(49-55)54-52(57)46-42-38-34-30-26-23-19-17-18-20-24-28-32-36-40-44-48-59-53(58)47-43-39-35-31-27-22-16-14-12-10-8-6-4-2/h8,10,14,16,41,45,50-51,55-56H,3-7,9,11-13,15,17-40,42-44,46-49H2,1-2H3,(H,54,57)/b10-8-,16-14-,45-41+. The van der Waals surface area contributed by atoms with Crippen LogP contribution in [0.5, 0.6) is 0 Å². The third-order valence-corrected chi connectivity index (χ3v) is 11.6. The minimum Gasteiger partial charge on any atom is -0.466 e. The molecule has 6 heteroatoms. The van der Waals surface area contributed by atoms with E-state index in [9.17, 15) is 19.8 Å². The van der Waals surface area contributed by atoms with Gasteiger partial charge in [0, 0.05) is 12.8 Å². The van der Waals surface area contributed by atoms with Crippen molar-refractivity contribution < 1.29 is 24.5 Å². The van der Waals surface area contributed by atoms with Gasteiger partial charge < -0.3 is 20.3 Å². The molecular weight excluding hydrogens is 731 g/mol. The highest BCUT2D eigenvalue weighted by molar-refractivity contribution is 5.76. The van der Waals surface area contributed by atoms with E-state index in [0.717, 1.165) is 57.8 Å². The molecule has 0 bridgehead atoms. The van der Waals surface area contributed by atoms with E-state index in [1.165, 1.54) is 180 Å². The monoisotopic (exact) mass is 830 g/mol. The summed E-state index contributed by atoms with van der Waals surface area (Å²) in [4.78, 5) is 24.4. The summed E-state index contributed by atoms with van der Waals surface area (Å²) in [6.07, 6.45) is 58.5. The van der Waals surface area contributed by atoms with Gasteiger partial charge in [-0.2, -0.15) is 0 Å². The zero-order chi connectivity index (χ0) is 43.0. The second kappa shape index (κ2) is 48.7. The van der Waals surface area contributed by atoms with Crippen LogP contribution in [-0.4, -0.2) is 47.4 Å². The maximum absolute atomic E-state index is 12.4. The van der Waals surface area contributed by atoms with Gasteiger partial charge in [0.1, 0.15) is 0 Å². The molecule has 0 radical (unpaired) electrons. The number of allylic oxidation sites excluding steroid dienone is 5. The minimum atomic E-state index is -0.848. The van der Waals surface area contributed by atoms with Crippen LogP contribution in [0.25, 0.3) is 0 Å². The van der Waals surface area contributed by atoms with Gasteiger partial charge in [0.25, 0.3) is 0 Å². The second-order valence-electron chi connectivity index (χ2n) is 17.5. The Balaban J connectivity index is 3.46. The quantitative estimate of drug-likeness (QED) is 0.0323. The van der Waals surface area contributed by atoms with Crippen LogP contribution in [0, 0.1) is 0 Å². The van der Waals surface area contributed by atoms with Gasteiger partial charge in [-0.3, -0.25) is 9.59 Å². The van der Waals surface area contributed by atoms with Crippen LogP contribution in [-0.2, 0) is 14.3 Å². The van der Waals surface area contributed by atoms with Crippen molar-refractivity contribution in [2.45, 2.75) is 276 Å². The molecule has 0 rings (SSSR count). The lowest BCUT2D eigenvalue weighted by Gasteiger charge is -2.20. The van der Waals surface area contributed by atoms with Crippen LogP contribution in [0.15, 0.2) is 36.5 Å². The first-order valence-corrected chi connectivity index (χ1v) is 25.8. The lowest BCUT2D eigenvalue weighted by molar-refractivity contribution is -0.143. The lowest BCUT2D eigenvalue weighted by atomic mass is 10.0. The number of unbranched alkanes of at least 4 members (excludes halogenated alkanes) is 32. The van der Waals surface area contributed by atoms with Crippen LogP contribution in [0.3, 0.4) is 0 Å². The fourth-order valence-electron chi connectivity index (χ4n) is 7.67. The molecule has 0 aliphatic heterocycles. The molecule has 0 aromatic rings. The zero-order valence-electron chi connectivity index (χ0n) is 39.2. The van der Waals surface area contributed by atoms with Crippen LogP contribution in [0.2, 0.25) is 0 Å². The molecule has 3 N–H and O–H groups in total. The predicted octanol–water partition coefficient (Wildman–Crippen LogP) is 15.3. The van der Waals surface area contributed by atoms with E-state index in [2.05, 4.69) is 43.5 Å². The van der Waals surface area contributed by atoms with E-state index in [-0.39, 0.29) is 18.5 Å². The molecule has 0 spiro atoms. The lowest BCUT2D eigenvalue weighted by Crippen LogP contribution is -2.45. The maximum atomic E-state index is 12.4. The number of rotatable bonds is 47. The van der Waals surface area contributed by atoms with Gasteiger partial charge >= 0.3 is 5.97 Å². The number of aliphatic hydroxyl groups is 2. The Morgan fingerprint density at radius 2 is 0.881 bits per heavy atom. The summed E-state index contributed by atoms with van der Waals surface area (Å²) < 4.78 is 5.45. The van der Waals surface area contributed by atoms with Crippen molar-refractivity contribution in [3.05, 3.63) is 36.5 Å². The van der Waals surface area contributed by atoms with Crippen LogP contribution < -0.4 is 5.32 Å². The third kappa shape index (κ3) is 45.4. The van der Waals surface area contributed by atoms with Gasteiger partial charge in [-0.05, 0) is 57.8 Å². The minimum absolute atomic E-state index is 0.0139. The van der Waals surface area contributed by atoms with E-state index in [4.69, 9.17) is 4.74 Å². The maximum Gasteiger partial charge on any atom is 0.305 e. The van der Waals surface area contributed by atoms with Crippen molar-refractivity contribution in [3.8, 4) is 0 Å². The van der Waals surface area contributed by atoms with Gasteiger partial charge in [0.2, 0.25) is 5.91 Å². The van der Waals surface area contributed by atoms with Crippen LogP contribution >= 0.6 is 0 Å². The van der Waals surface area contributed by atoms with E-state index in [1.807, 2.05) is 6.08 Å². The SMILES string of the molecule is CCC/C=C\C/C=C\CCCCCCCC(=O)OCCCCCCCCCCCCCCCCCCC(=O)NC(CO)C(O)/C=C/CCCCCCCCCCCCC. The first-order chi connectivity index (χ1) is 29.0. The average molecular weight is 830 g/mol. The summed E-state index contributed by atoms with van der Waals surface area (Å²) in [5, 5.41) is 23.0. The highest BCUT2D eigenvalue weighted by Gasteiger charge is 2.18. The van der Waals surface area contributed by atoms with Gasteiger partial charge in [-0.1, -0.05) is 230 Å². The number of nitrogens with one attached hydrogen (secondary N) is 1. The number of aliphatic hydroxyl groups excluding tert-OH is 2. The molecule has 0 fully saturated rings. The highest BCUT2D eigenvalue weighted by Crippen LogP contribution is 2.16. The van der Waals surface area contributed by atoms with Crippen LogP contribution in [0.1, 0.15) is 264 Å². The zero-order valence-corrected chi connectivity index (χ0v) is 39.2. The van der Waals surface area contributed by atoms with E-state index in [0.29, 0.717) is 19.4 Å². The number of ether oxygens (including phenoxy) is 1. The summed E-state index contributed by atoms with van der Waals surface area (Å²) in [5.74, 6) is -0.0901. The van der Waals surface area contributed by atoms with Crippen molar-refractivity contribution in [1.29, 1.82) is 0 Å². The molecule has 2 atom stereocenters. The van der Waals surface area contributed by atoms with Gasteiger partial charge in [0.05, 0.1) is 25.4 Å². The molecule has 2 unspecified atom stereocenters. The third-order valence-electron chi connectivity index (χ3n) is 11.6. The number of hydrogen-bond donors (Lipinski definition) is 3. The molecule has 0 aliphatic rings. The van der Waals surface area contributed by atoms with Gasteiger partial charge in [-0.25, -0.2) is 0 Å². The smallest absolute Gasteiger partial charge is 0.305 e.